The topological polar surface area (TPSA) is 43.1 Å². The highest BCUT2D eigenvalue weighted by Crippen LogP contribution is 2.31. The normalized spacial score (nSPS) is 10.1. The zero-order chi connectivity index (χ0) is 10.0. The fourth-order valence-electron chi connectivity index (χ4n) is 0.881. The molecule has 1 aromatic rings. The average molecular weight is 283 g/mol. The van der Waals surface area contributed by atoms with Crippen LogP contribution < -0.4 is 5.73 Å². The lowest BCUT2D eigenvalue weighted by molar-refractivity contribution is 0.102. The first-order valence-corrected chi connectivity index (χ1v) is 5.11. The summed E-state index contributed by atoms with van der Waals surface area (Å²) >= 11 is 14.3. The SMILES string of the molecule is Nc1c(C(=O)CCl)ccc(Cl)c1Br. The van der Waals surface area contributed by atoms with Crippen LogP contribution in [0.3, 0.4) is 0 Å². The van der Waals surface area contributed by atoms with Crippen LogP contribution in [0, 0.1) is 0 Å². The van der Waals surface area contributed by atoms with E-state index in [1.165, 1.54) is 0 Å². The number of nitrogen functional groups attached to an aromatic ring is 1. The molecule has 0 aliphatic carbocycles. The molecule has 0 aliphatic heterocycles. The standard InChI is InChI=1S/C8H6BrCl2NO/c9-7-5(11)2-1-4(8(7)12)6(13)3-10/h1-2H,3,12H2. The molecule has 0 aromatic heterocycles. The Morgan fingerprint density at radius 3 is 2.69 bits per heavy atom. The Labute approximate surface area is 94.1 Å². The van der Waals surface area contributed by atoms with E-state index in [4.69, 9.17) is 28.9 Å². The number of hydrogen-bond donors (Lipinski definition) is 1. The van der Waals surface area contributed by atoms with E-state index in [-0.39, 0.29) is 11.7 Å². The summed E-state index contributed by atoms with van der Waals surface area (Å²) in [6, 6.07) is 3.16. The minimum absolute atomic E-state index is 0.0850. The second-order valence-corrected chi connectivity index (χ2v) is 3.85. The molecule has 1 rings (SSSR count). The van der Waals surface area contributed by atoms with E-state index in [0.717, 1.165) is 0 Å². The third-order valence-corrected chi connectivity index (χ3v) is 3.19. The molecule has 13 heavy (non-hydrogen) atoms. The Morgan fingerprint density at radius 1 is 1.54 bits per heavy atom. The van der Waals surface area contributed by atoms with Crippen molar-refractivity contribution in [3.8, 4) is 0 Å². The molecule has 0 bridgehead atoms. The number of hydrogen-bond acceptors (Lipinski definition) is 2. The number of Topliss-reactive ketones (excluding diaryl/α,β-unsaturated/α-hetero) is 1. The van der Waals surface area contributed by atoms with Crippen molar-refractivity contribution in [2.75, 3.05) is 11.6 Å². The molecule has 0 heterocycles. The molecule has 0 saturated heterocycles. The highest BCUT2D eigenvalue weighted by atomic mass is 79.9. The summed E-state index contributed by atoms with van der Waals surface area (Å²) in [5, 5.41) is 0.476. The monoisotopic (exact) mass is 281 g/mol. The van der Waals surface area contributed by atoms with Gasteiger partial charge in [0, 0.05) is 5.56 Å². The lowest BCUT2D eigenvalue weighted by Gasteiger charge is -2.05. The number of benzene rings is 1. The fraction of sp³-hybridized carbons (Fsp3) is 0.125. The van der Waals surface area contributed by atoms with E-state index >= 15 is 0 Å². The smallest absolute Gasteiger partial charge is 0.179 e. The Morgan fingerprint density at radius 2 is 2.15 bits per heavy atom. The Hall–Kier alpha value is -0.250. The largest absolute Gasteiger partial charge is 0.397 e. The quantitative estimate of drug-likeness (QED) is 0.515. The highest BCUT2D eigenvalue weighted by molar-refractivity contribution is 9.10. The first kappa shape index (κ1) is 10.8. The second kappa shape index (κ2) is 4.31. The van der Waals surface area contributed by atoms with Crippen LogP contribution in [0.2, 0.25) is 5.02 Å². The summed E-state index contributed by atoms with van der Waals surface area (Å²) in [6.07, 6.45) is 0. The van der Waals surface area contributed by atoms with Gasteiger partial charge >= 0.3 is 0 Å². The van der Waals surface area contributed by atoms with Crippen molar-refractivity contribution in [1.29, 1.82) is 0 Å². The van der Waals surface area contributed by atoms with Crippen molar-refractivity contribution in [3.05, 3.63) is 27.2 Å². The number of alkyl halides is 1. The maximum Gasteiger partial charge on any atom is 0.179 e. The van der Waals surface area contributed by atoms with Crippen LogP contribution in [0.5, 0.6) is 0 Å². The maximum atomic E-state index is 11.2. The zero-order valence-corrected chi connectivity index (χ0v) is 9.58. The van der Waals surface area contributed by atoms with Gasteiger partial charge in [-0.3, -0.25) is 4.79 Å². The van der Waals surface area contributed by atoms with Crippen LogP contribution in [-0.4, -0.2) is 11.7 Å². The number of carbonyl (C=O) groups is 1. The van der Waals surface area contributed by atoms with Gasteiger partial charge in [-0.05, 0) is 28.1 Å². The minimum atomic E-state index is -0.212. The van der Waals surface area contributed by atoms with Crippen LogP contribution in [0.1, 0.15) is 10.4 Å². The minimum Gasteiger partial charge on any atom is -0.397 e. The Kier molecular flexibility index (Phi) is 3.59. The van der Waals surface area contributed by atoms with Crippen molar-refractivity contribution in [3.63, 3.8) is 0 Å². The summed E-state index contributed by atoms with van der Waals surface area (Å²) in [5.74, 6) is -0.297. The van der Waals surface area contributed by atoms with Crippen molar-refractivity contribution < 1.29 is 4.79 Å². The van der Waals surface area contributed by atoms with Gasteiger partial charge in [-0.15, -0.1) is 11.6 Å². The highest BCUT2D eigenvalue weighted by Gasteiger charge is 2.12. The van der Waals surface area contributed by atoms with Gasteiger partial charge in [-0.2, -0.15) is 0 Å². The molecule has 0 amide bonds. The third-order valence-electron chi connectivity index (χ3n) is 1.55. The van der Waals surface area contributed by atoms with Gasteiger partial charge in [0.05, 0.1) is 21.1 Å². The van der Waals surface area contributed by atoms with E-state index in [1.54, 1.807) is 12.1 Å². The molecule has 0 atom stereocenters. The van der Waals surface area contributed by atoms with Gasteiger partial charge < -0.3 is 5.73 Å². The number of nitrogens with two attached hydrogens (primary N) is 1. The predicted octanol–water partition coefficient (Wildman–Crippen LogP) is 3.11. The summed E-state index contributed by atoms with van der Waals surface area (Å²) in [5.41, 5.74) is 6.38. The molecule has 0 unspecified atom stereocenters. The van der Waals surface area contributed by atoms with E-state index in [9.17, 15) is 4.79 Å². The molecule has 70 valence electrons. The molecule has 2 N–H and O–H groups in total. The van der Waals surface area contributed by atoms with Gasteiger partial charge in [0.25, 0.3) is 0 Å². The number of ketones is 1. The molecule has 5 heteroatoms. The third kappa shape index (κ3) is 2.16. The van der Waals surface area contributed by atoms with Crippen molar-refractivity contribution in [2.24, 2.45) is 0 Å². The van der Waals surface area contributed by atoms with Crippen molar-refractivity contribution in [2.45, 2.75) is 0 Å². The van der Waals surface area contributed by atoms with E-state index in [2.05, 4.69) is 15.9 Å². The maximum absolute atomic E-state index is 11.2. The van der Waals surface area contributed by atoms with Gasteiger partial charge in [0.1, 0.15) is 0 Å². The van der Waals surface area contributed by atoms with Crippen LogP contribution in [0.15, 0.2) is 16.6 Å². The lowest BCUT2D eigenvalue weighted by atomic mass is 10.1. The summed E-state index contributed by atoms with van der Waals surface area (Å²) in [6.45, 7) is 0. The molecule has 0 spiro atoms. The van der Waals surface area contributed by atoms with Crippen molar-refractivity contribution in [1.82, 2.24) is 0 Å². The zero-order valence-electron chi connectivity index (χ0n) is 6.48. The van der Waals surface area contributed by atoms with E-state index in [0.29, 0.717) is 20.7 Å². The second-order valence-electron chi connectivity index (χ2n) is 2.38. The number of halogens is 3. The van der Waals surface area contributed by atoms with Crippen molar-refractivity contribution >= 4 is 50.6 Å². The molecule has 0 radical (unpaired) electrons. The molecule has 0 saturated carbocycles. The fourth-order valence-corrected chi connectivity index (χ4v) is 1.54. The molecular weight excluding hydrogens is 277 g/mol. The Balaban J connectivity index is 3.26. The predicted molar refractivity (Wildman–Crippen MR) is 58.6 cm³/mol. The van der Waals surface area contributed by atoms with Gasteiger partial charge in [0.15, 0.2) is 5.78 Å². The van der Waals surface area contributed by atoms with E-state index < -0.39 is 0 Å². The molecular formula is C8H6BrCl2NO. The van der Waals surface area contributed by atoms with E-state index in [1.807, 2.05) is 0 Å². The number of anilines is 1. The van der Waals surface area contributed by atoms with Crippen LogP contribution >= 0.6 is 39.1 Å². The van der Waals surface area contributed by atoms with Crippen LogP contribution in [0.4, 0.5) is 5.69 Å². The van der Waals surface area contributed by atoms with Gasteiger partial charge in [0.2, 0.25) is 0 Å². The number of carbonyl (C=O) groups excluding carboxylic acids is 1. The summed E-state index contributed by atoms with van der Waals surface area (Å²) in [7, 11) is 0. The summed E-state index contributed by atoms with van der Waals surface area (Å²) < 4.78 is 0.533. The molecule has 0 aliphatic rings. The van der Waals surface area contributed by atoms with Gasteiger partial charge in [-0.25, -0.2) is 0 Å². The summed E-state index contributed by atoms with van der Waals surface area (Å²) in [4.78, 5) is 11.2. The number of rotatable bonds is 2. The average Bonchev–Trinajstić information content (AvgIpc) is 2.13. The van der Waals surface area contributed by atoms with Crippen LogP contribution in [-0.2, 0) is 0 Å². The Bertz CT molecular complexity index is 354. The van der Waals surface area contributed by atoms with Crippen LogP contribution in [0.25, 0.3) is 0 Å². The van der Waals surface area contributed by atoms with Gasteiger partial charge in [-0.1, -0.05) is 11.6 Å². The first-order chi connectivity index (χ1) is 6.07. The first-order valence-electron chi connectivity index (χ1n) is 3.40. The lowest BCUT2D eigenvalue weighted by Crippen LogP contribution is -2.05. The molecule has 1 aromatic carbocycles. The molecule has 0 fully saturated rings. The molecule has 2 nitrogen and oxygen atoms in total.